The minimum absolute atomic E-state index is 0.0603. The Hall–Kier alpha value is -4.04. The first kappa shape index (κ1) is 21.8. The number of aromatic nitrogens is 2. The summed E-state index contributed by atoms with van der Waals surface area (Å²) in [5, 5.41) is 15.2. The maximum absolute atomic E-state index is 11.1. The molecule has 7 nitrogen and oxygen atoms in total. The molecule has 8 heteroatoms. The van der Waals surface area contributed by atoms with Gasteiger partial charge in [-0.3, -0.25) is 15.1 Å². The summed E-state index contributed by atoms with van der Waals surface area (Å²) in [6.07, 6.45) is 4.71. The lowest BCUT2D eigenvalue weighted by atomic mass is 10.0. The number of nitrogens with zero attached hydrogens (tertiary/aromatic N) is 4. The quantitative estimate of drug-likeness (QED) is 0.228. The zero-order valence-corrected chi connectivity index (χ0v) is 19.4. The number of rotatable bonds is 6. The molecule has 170 valence electrons. The number of pyridine rings is 1. The standard InChI is InChI=1S/C26H23N5O2S/c1-2-18-8-10-20(11-9-18)30-25(24(28-26(30)34)22-6-3-4-16-27-22)23-7-5-17-29(23)19-12-14-21(15-13-19)31(32)33/h3-17,24-25H,2H2,1H3,(H,28,34)/t24-,25+/m0/s1. The van der Waals surface area contributed by atoms with Crippen molar-refractivity contribution >= 4 is 28.7 Å². The van der Waals surface area contributed by atoms with Crippen LogP contribution in [0, 0.1) is 10.1 Å². The summed E-state index contributed by atoms with van der Waals surface area (Å²) < 4.78 is 2.05. The van der Waals surface area contributed by atoms with E-state index in [2.05, 4.69) is 52.5 Å². The molecule has 0 aliphatic carbocycles. The van der Waals surface area contributed by atoms with Gasteiger partial charge in [0.05, 0.1) is 16.7 Å². The molecule has 2 aromatic heterocycles. The van der Waals surface area contributed by atoms with Gasteiger partial charge in [-0.1, -0.05) is 25.1 Å². The van der Waals surface area contributed by atoms with Crippen molar-refractivity contribution in [2.75, 3.05) is 4.90 Å². The van der Waals surface area contributed by atoms with E-state index < -0.39 is 4.92 Å². The summed E-state index contributed by atoms with van der Waals surface area (Å²) in [6, 6.07) is 24.6. The minimum Gasteiger partial charge on any atom is -0.351 e. The van der Waals surface area contributed by atoms with E-state index in [4.69, 9.17) is 12.2 Å². The molecule has 0 amide bonds. The number of benzene rings is 2. The number of anilines is 1. The van der Waals surface area contributed by atoms with Crippen molar-refractivity contribution < 1.29 is 4.92 Å². The van der Waals surface area contributed by atoms with Crippen LogP contribution in [0.2, 0.25) is 0 Å². The van der Waals surface area contributed by atoms with Crippen molar-refractivity contribution in [3.63, 3.8) is 0 Å². The highest BCUT2D eigenvalue weighted by Crippen LogP contribution is 2.42. The molecule has 1 aliphatic heterocycles. The fourth-order valence-electron chi connectivity index (χ4n) is 4.43. The molecule has 0 bridgehead atoms. The van der Waals surface area contributed by atoms with Gasteiger partial charge in [0, 0.05) is 41.6 Å². The van der Waals surface area contributed by atoms with Gasteiger partial charge in [-0.25, -0.2) is 0 Å². The zero-order chi connectivity index (χ0) is 23.7. The van der Waals surface area contributed by atoms with Crippen molar-refractivity contribution in [1.29, 1.82) is 0 Å². The summed E-state index contributed by atoms with van der Waals surface area (Å²) in [7, 11) is 0. The van der Waals surface area contributed by atoms with E-state index in [0.717, 1.165) is 29.2 Å². The molecule has 0 saturated carbocycles. The Bertz CT molecular complexity index is 1320. The number of hydrogen-bond donors (Lipinski definition) is 1. The lowest BCUT2D eigenvalue weighted by Crippen LogP contribution is -2.30. The fourth-order valence-corrected chi connectivity index (χ4v) is 4.78. The second-order valence-corrected chi connectivity index (χ2v) is 8.48. The average molecular weight is 470 g/mol. The van der Waals surface area contributed by atoms with Gasteiger partial charge in [-0.15, -0.1) is 0 Å². The van der Waals surface area contributed by atoms with Crippen molar-refractivity contribution in [2.45, 2.75) is 25.4 Å². The Morgan fingerprint density at radius 3 is 2.38 bits per heavy atom. The normalized spacial score (nSPS) is 17.6. The first-order valence-corrected chi connectivity index (χ1v) is 11.5. The van der Waals surface area contributed by atoms with Crippen LogP contribution in [-0.2, 0) is 6.42 Å². The van der Waals surface area contributed by atoms with Crippen LogP contribution in [0.5, 0.6) is 0 Å². The SMILES string of the molecule is CCc1ccc(N2C(=S)N[C@@H](c3ccccn3)[C@H]2c2cccn2-c2ccc([N+](=O)[O-])cc2)cc1. The maximum atomic E-state index is 11.1. The summed E-state index contributed by atoms with van der Waals surface area (Å²) in [5.74, 6) is 0. The molecule has 1 aliphatic rings. The highest BCUT2D eigenvalue weighted by Gasteiger charge is 2.42. The number of aryl methyl sites for hydroxylation is 1. The lowest BCUT2D eigenvalue weighted by molar-refractivity contribution is -0.384. The summed E-state index contributed by atoms with van der Waals surface area (Å²) in [6.45, 7) is 2.13. The van der Waals surface area contributed by atoms with Crippen LogP contribution >= 0.6 is 12.2 Å². The number of hydrogen-bond acceptors (Lipinski definition) is 4. The molecule has 2 aromatic carbocycles. The highest BCUT2D eigenvalue weighted by atomic mass is 32.1. The molecule has 4 aromatic rings. The molecule has 2 atom stereocenters. The smallest absolute Gasteiger partial charge is 0.269 e. The van der Waals surface area contributed by atoms with Crippen LogP contribution in [0.15, 0.2) is 91.3 Å². The van der Waals surface area contributed by atoms with E-state index >= 15 is 0 Å². The molecular formula is C26H23N5O2S. The molecule has 3 heterocycles. The maximum Gasteiger partial charge on any atom is 0.269 e. The zero-order valence-electron chi connectivity index (χ0n) is 18.5. The van der Waals surface area contributed by atoms with E-state index in [-0.39, 0.29) is 17.8 Å². The van der Waals surface area contributed by atoms with Crippen molar-refractivity contribution in [1.82, 2.24) is 14.9 Å². The van der Waals surface area contributed by atoms with Crippen LogP contribution in [0.4, 0.5) is 11.4 Å². The van der Waals surface area contributed by atoms with Gasteiger partial charge in [-0.05, 0) is 72.7 Å². The van der Waals surface area contributed by atoms with Crippen LogP contribution in [0.3, 0.4) is 0 Å². The minimum atomic E-state index is -0.390. The third-order valence-electron chi connectivity index (χ3n) is 6.14. The third kappa shape index (κ3) is 3.92. The van der Waals surface area contributed by atoms with Crippen LogP contribution in [0.1, 0.15) is 36.0 Å². The van der Waals surface area contributed by atoms with E-state index in [1.54, 1.807) is 18.3 Å². The summed E-state index contributed by atoms with van der Waals surface area (Å²) >= 11 is 5.82. The molecule has 1 N–H and O–H groups in total. The van der Waals surface area contributed by atoms with E-state index in [1.807, 2.05) is 35.0 Å². The second-order valence-electron chi connectivity index (χ2n) is 8.09. The van der Waals surface area contributed by atoms with Gasteiger partial charge in [0.15, 0.2) is 5.11 Å². The van der Waals surface area contributed by atoms with Crippen molar-refractivity contribution in [3.8, 4) is 5.69 Å². The molecule has 1 saturated heterocycles. The van der Waals surface area contributed by atoms with Crippen molar-refractivity contribution in [3.05, 3.63) is 118 Å². The molecule has 5 rings (SSSR count). The Morgan fingerprint density at radius 1 is 1.00 bits per heavy atom. The van der Waals surface area contributed by atoms with Gasteiger partial charge in [0.1, 0.15) is 6.04 Å². The molecule has 0 spiro atoms. The first-order valence-electron chi connectivity index (χ1n) is 11.1. The number of nitrogens with one attached hydrogen (secondary N) is 1. The predicted molar refractivity (Wildman–Crippen MR) is 136 cm³/mol. The van der Waals surface area contributed by atoms with Gasteiger partial charge in [0.2, 0.25) is 0 Å². The van der Waals surface area contributed by atoms with E-state index in [9.17, 15) is 10.1 Å². The van der Waals surface area contributed by atoms with E-state index in [1.165, 1.54) is 17.7 Å². The van der Waals surface area contributed by atoms with Gasteiger partial charge < -0.3 is 14.8 Å². The monoisotopic (exact) mass is 469 g/mol. The lowest BCUT2D eigenvalue weighted by Gasteiger charge is -2.29. The second kappa shape index (κ2) is 9.07. The third-order valence-corrected chi connectivity index (χ3v) is 6.46. The Morgan fingerprint density at radius 2 is 1.74 bits per heavy atom. The summed E-state index contributed by atoms with van der Waals surface area (Å²) in [4.78, 5) is 17.5. The van der Waals surface area contributed by atoms with Crippen LogP contribution in [0.25, 0.3) is 5.69 Å². The van der Waals surface area contributed by atoms with Crippen LogP contribution in [-0.4, -0.2) is 19.6 Å². The molecule has 1 fully saturated rings. The Labute approximate surface area is 202 Å². The number of non-ortho nitro benzene ring substituents is 1. The molecule has 0 unspecified atom stereocenters. The summed E-state index contributed by atoms with van der Waals surface area (Å²) in [5.41, 5.74) is 5.04. The first-order chi connectivity index (χ1) is 16.6. The number of thiocarbonyl (C=S) groups is 1. The van der Waals surface area contributed by atoms with Crippen molar-refractivity contribution in [2.24, 2.45) is 0 Å². The highest BCUT2D eigenvalue weighted by molar-refractivity contribution is 7.80. The number of nitro groups is 1. The number of nitro benzene ring substituents is 1. The average Bonchev–Trinajstić information content (AvgIpc) is 3.49. The van der Waals surface area contributed by atoms with Gasteiger partial charge in [-0.2, -0.15) is 0 Å². The molecule has 0 radical (unpaired) electrons. The fraction of sp³-hybridized carbons (Fsp3) is 0.154. The molecule has 34 heavy (non-hydrogen) atoms. The largest absolute Gasteiger partial charge is 0.351 e. The predicted octanol–water partition coefficient (Wildman–Crippen LogP) is 5.52. The van der Waals surface area contributed by atoms with Gasteiger partial charge >= 0.3 is 0 Å². The van der Waals surface area contributed by atoms with Crippen LogP contribution < -0.4 is 10.2 Å². The Kier molecular flexibility index (Phi) is 5.81. The van der Waals surface area contributed by atoms with Gasteiger partial charge in [0.25, 0.3) is 5.69 Å². The topological polar surface area (TPSA) is 76.2 Å². The van der Waals surface area contributed by atoms with E-state index in [0.29, 0.717) is 5.11 Å². The molecular weight excluding hydrogens is 446 g/mol. The Balaban J connectivity index is 1.62.